The Bertz CT molecular complexity index is 657. The van der Waals surface area contributed by atoms with E-state index in [1.54, 1.807) is 24.2 Å². The molecule has 122 valence electrons. The molecule has 1 aromatic carbocycles. The van der Waals surface area contributed by atoms with Crippen LogP contribution in [0.25, 0.3) is 0 Å². The van der Waals surface area contributed by atoms with Gasteiger partial charge in [-0.05, 0) is 30.5 Å². The third-order valence-electron chi connectivity index (χ3n) is 3.71. The molecule has 0 bridgehead atoms. The zero-order chi connectivity index (χ0) is 16.7. The summed E-state index contributed by atoms with van der Waals surface area (Å²) in [6.45, 7) is 4.95. The Morgan fingerprint density at radius 3 is 2.74 bits per heavy atom. The molecule has 1 heterocycles. The fourth-order valence-corrected chi connectivity index (χ4v) is 2.30. The van der Waals surface area contributed by atoms with E-state index in [0.29, 0.717) is 11.6 Å². The van der Waals surface area contributed by atoms with Crippen molar-refractivity contribution in [2.24, 2.45) is 0 Å². The highest BCUT2D eigenvalue weighted by Crippen LogP contribution is 2.19. The summed E-state index contributed by atoms with van der Waals surface area (Å²) in [5.41, 5.74) is 2.57. The summed E-state index contributed by atoms with van der Waals surface area (Å²) >= 11 is 0. The van der Waals surface area contributed by atoms with Gasteiger partial charge in [0.2, 0.25) is 5.95 Å². The molecule has 0 saturated heterocycles. The van der Waals surface area contributed by atoms with E-state index in [1.165, 1.54) is 5.56 Å². The Labute approximate surface area is 137 Å². The van der Waals surface area contributed by atoms with E-state index in [4.69, 9.17) is 0 Å². The van der Waals surface area contributed by atoms with E-state index >= 15 is 0 Å². The molecule has 1 aromatic heterocycles. The van der Waals surface area contributed by atoms with Crippen molar-refractivity contribution in [2.45, 2.75) is 33.1 Å². The molecule has 0 spiro atoms. The quantitative estimate of drug-likeness (QED) is 0.847. The Morgan fingerprint density at radius 1 is 1.22 bits per heavy atom. The Kier molecular flexibility index (Phi) is 6.09. The van der Waals surface area contributed by atoms with Crippen LogP contribution in [0.3, 0.4) is 0 Å². The van der Waals surface area contributed by atoms with Crippen LogP contribution in [0.4, 0.5) is 11.6 Å². The maximum atomic E-state index is 12.4. The van der Waals surface area contributed by atoms with Crippen LogP contribution in [-0.4, -0.2) is 34.4 Å². The number of nitrogens with zero attached hydrogens (tertiary/aromatic N) is 3. The number of carbonyl (C=O) groups is 1. The molecule has 5 heteroatoms. The SMILES string of the molecule is CCCCN(C)C(=O)c1ccnc(Nc2ccccc2CC)n1. The number of carbonyl (C=O) groups excluding carboxylic acids is 1. The van der Waals surface area contributed by atoms with Gasteiger partial charge in [-0.3, -0.25) is 4.79 Å². The van der Waals surface area contributed by atoms with Crippen molar-refractivity contribution in [1.29, 1.82) is 0 Å². The van der Waals surface area contributed by atoms with E-state index in [0.717, 1.165) is 31.5 Å². The second kappa shape index (κ2) is 8.27. The average Bonchev–Trinajstić information content (AvgIpc) is 2.59. The zero-order valence-corrected chi connectivity index (χ0v) is 14.0. The zero-order valence-electron chi connectivity index (χ0n) is 14.0. The van der Waals surface area contributed by atoms with Gasteiger partial charge in [-0.2, -0.15) is 0 Å². The van der Waals surface area contributed by atoms with E-state index < -0.39 is 0 Å². The first kappa shape index (κ1) is 16.9. The Hall–Kier alpha value is -2.43. The average molecular weight is 312 g/mol. The van der Waals surface area contributed by atoms with Crippen molar-refractivity contribution in [3.8, 4) is 0 Å². The Morgan fingerprint density at radius 2 is 2.00 bits per heavy atom. The van der Waals surface area contributed by atoms with Gasteiger partial charge in [-0.15, -0.1) is 0 Å². The number of hydrogen-bond acceptors (Lipinski definition) is 4. The predicted octanol–water partition coefficient (Wildman–Crippen LogP) is 3.65. The van der Waals surface area contributed by atoms with Crippen LogP contribution >= 0.6 is 0 Å². The number of aromatic nitrogens is 2. The highest BCUT2D eigenvalue weighted by molar-refractivity contribution is 5.92. The summed E-state index contributed by atoms with van der Waals surface area (Å²) < 4.78 is 0. The highest BCUT2D eigenvalue weighted by atomic mass is 16.2. The largest absolute Gasteiger partial charge is 0.340 e. The molecule has 5 nitrogen and oxygen atoms in total. The Balaban J connectivity index is 2.15. The first-order chi connectivity index (χ1) is 11.2. The minimum absolute atomic E-state index is 0.0762. The first-order valence-electron chi connectivity index (χ1n) is 8.09. The minimum atomic E-state index is -0.0762. The molecule has 0 aliphatic heterocycles. The van der Waals surface area contributed by atoms with E-state index in [9.17, 15) is 4.79 Å². The summed E-state index contributed by atoms with van der Waals surface area (Å²) in [6.07, 6.45) is 4.58. The molecule has 2 aromatic rings. The van der Waals surface area contributed by atoms with E-state index in [1.807, 2.05) is 18.2 Å². The standard InChI is InChI=1S/C18H24N4O/c1-4-6-13-22(3)17(23)16-11-12-19-18(21-16)20-15-10-8-7-9-14(15)5-2/h7-12H,4-6,13H2,1-3H3,(H,19,20,21). The van der Waals surface area contributed by atoms with Gasteiger partial charge in [-0.1, -0.05) is 38.5 Å². The maximum Gasteiger partial charge on any atom is 0.272 e. The third-order valence-corrected chi connectivity index (χ3v) is 3.71. The molecule has 1 N–H and O–H groups in total. The fraction of sp³-hybridized carbons (Fsp3) is 0.389. The summed E-state index contributed by atoms with van der Waals surface area (Å²) in [5.74, 6) is 0.369. The number of benzene rings is 1. The molecule has 0 atom stereocenters. The van der Waals surface area contributed by atoms with E-state index in [2.05, 4.69) is 35.2 Å². The fourth-order valence-electron chi connectivity index (χ4n) is 2.30. The lowest BCUT2D eigenvalue weighted by atomic mass is 10.1. The molecule has 0 radical (unpaired) electrons. The van der Waals surface area contributed by atoms with Gasteiger partial charge < -0.3 is 10.2 Å². The summed E-state index contributed by atoms with van der Waals surface area (Å²) in [7, 11) is 1.81. The van der Waals surface area contributed by atoms with Crippen LogP contribution in [0.5, 0.6) is 0 Å². The lowest BCUT2D eigenvalue weighted by Crippen LogP contribution is -2.28. The normalized spacial score (nSPS) is 10.4. The molecule has 2 rings (SSSR count). The number of unbranched alkanes of at least 4 members (excludes halogenated alkanes) is 1. The molecule has 1 amide bonds. The van der Waals surface area contributed by atoms with Crippen molar-refractivity contribution >= 4 is 17.5 Å². The highest BCUT2D eigenvalue weighted by Gasteiger charge is 2.14. The van der Waals surface area contributed by atoms with Gasteiger partial charge in [0.1, 0.15) is 5.69 Å². The first-order valence-corrected chi connectivity index (χ1v) is 8.09. The summed E-state index contributed by atoms with van der Waals surface area (Å²) in [5, 5.41) is 3.21. The van der Waals surface area contributed by atoms with Gasteiger partial charge in [0, 0.05) is 25.5 Å². The molecular weight excluding hydrogens is 288 g/mol. The minimum Gasteiger partial charge on any atom is -0.340 e. The van der Waals surface area contributed by atoms with Crippen molar-refractivity contribution in [3.63, 3.8) is 0 Å². The van der Waals surface area contributed by atoms with Crippen molar-refractivity contribution in [3.05, 3.63) is 47.8 Å². The van der Waals surface area contributed by atoms with Gasteiger partial charge >= 0.3 is 0 Å². The van der Waals surface area contributed by atoms with Crippen LogP contribution < -0.4 is 5.32 Å². The number of para-hydroxylation sites is 1. The third kappa shape index (κ3) is 4.52. The molecule has 0 fully saturated rings. The molecule has 0 saturated carbocycles. The van der Waals surface area contributed by atoms with Crippen molar-refractivity contribution in [1.82, 2.24) is 14.9 Å². The second-order valence-corrected chi connectivity index (χ2v) is 5.48. The lowest BCUT2D eigenvalue weighted by molar-refractivity contribution is 0.0787. The predicted molar refractivity (Wildman–Crippen MR) is 93.0 cm³/mol. The second-order valence-electron chi connectivity index (χ2n) is 5.48. The number of rotatable bonds is 7. The number of hydrogen-bond donors (Lipinski definition) is 1. The van der Waals surface area contributed by atoms with Gasteiger partial charge in [0.05, 0.1) is 0 Å². The van der Waals surface area contributed by atoms with E-state index in [-0.39, 0.29) is 5.91 Å². The number of amides is 1. The number of aryl methyl sites for hydroxylation is 1. The van der Waals surface area contributed by atoms with Crippen molar-refractivity contribution < 1.29 is 4.79 Å². The molecule has 0 unspecified atom stereocenters. The molecule has 0 aliphatic rings. The van der Waals surface area contributed by atoms with Crippen molar-refractivity contribution in [2.75, 3.05) is 18.9 Å². The molecule has 23 heavy (non-hydrogen) atoms. The summed E-state index contributed by atoms with van der Waals surface area (Å²) in [6, 6.07) is 9.68. The monoisotopic (exact) mass is 312 g/mol. The van der Waals surface area contributed by atoms with Crippen LogP contribution in [0.15, 0.2) is 36.5 Å². The molecule has 0 aliphatic carbocycles. The maximum absolute atomic E-state index is 12.4. The topological polar surface area (TPSA) is 58.1 Å². The molecular formula is C18H24N4O. The van der Waals surface area contributed by atoms with Crippen LogP contribution in [0.2, 0.25) is 0 Å². The lowest BCUT2D eigenvalue weighted by Gasteiger charge is -2.16. The van der Waals surface area contributed by atoms with Gasteiger partial charge in [-0.25, -0.2) is 9.97 Å². The smallest absolute Gasteiger partial charge is 0.272 e. The van der Waals surface area contributed by atoms with Gasteiger partial charge in [0.15, 0.2) is 0 Å². The van der Waals surface area contributed by atoms with Crippen LogP contribution in [0, 0.1) is 0 Å². The van der Waals surface area contributed by atoms with Crippen LogP contribution in [-0.2, 0) is 6.42 Å². The number of nitrogens with one attached hydrogen (secondary N) is 1. The van der Waals surface area contributed by atoms with Crippen LogP contribution in [0.1, 0.15) is 42.7 Å². The van der Waals surface area contributed by atoms with Gasteiger partial charge in [0.25, 0.3) is 5.91 Å². The number of anilines is 2. The summed E-state index contributed by atoms with van der Waals surface area (Å²) in [4.78, 5) is 22.7.